The first-order valence-electron chi connectivity index (χ1n) is 9.37. The summed E-state index contributed by atoms with van der Waals surface area (Å²) in [6.45, 7) is 14.8. The van der Waals surface area contributed by atoms with Crippen LogP contribution in [0.1, 0.15) is 33.6 Å². The maximum atomic E-state index is 12.6. The Balaban J connectivity index is 1.91. The van der Waals surface area contributed by atoms with Gasteiger partial charge < -0.3 is 19.3 Å². The van der Waals surface area contributed by atoms with Gasteiger partial charge in [0.25, 0.3) is 0 Å². The molecule has 1 amide bonds. The molecule has 27 heavy (non-hydrogen) atoms. The van der Waals surface area contributed by atoms with E-state index in [2.05, 4.69) is 18.1 Å². The van der Waals surface area contributed by atoms with Crippen LogP contribution in [0, 0.1) is 0 Å². The number of carbonyl (C=O) groups excluding carboxylic acids is 1. The molecule has 2 aliphatic heterocycles. The van der Waals surface area contributed by atoms with Crippen LogP contribution < -0.4 is 9.64 Å². The van der Waals surface area contributed by atoms with E-state index in [1.807, 2.05) is 45.0 Å². The van der Waals surface area contributed by atoms with Gasteiger partial charge in [0.1, 0.15) is 5.60 Å². The normalized spacial score (nSPS) is 19.9. The Morgan fingerprint density at radius 1 is 1.26 bits per heavy atom. The Morgan fingerprint density at radius 2 is 2.00 bits per heavy atom. The summed E-state index contributed by atoms with van der Waals surface area (Å²) >= 11 is 0. The van der Waals surface area contributed by atoms with Crippen LogP contribution in [-0.4, -0.2) is 35.7 Å². The maximum Gasteiger partial charge on any atom is 0.410 e. The molecule has 0 radical (unpaired) electrons. The summed E-state index contributed by atoms with van der Waals surface area (Å²) in [7, 11) is 0. The van der Waals surface area contributed by atoms with Crippen molar-refractivity contribution < 1.29 is 14.3 Å². The van der Waals surface area contributed by atoms with Crippen molar-refractivity contribution in [2.24, 2.45) is 0 Å². The van der Waals surface area contributed by atoms with Crippen molar-refractivity contribution in [2.75, 3.05) is 18.0 Å². The number of amides is 1. The van der Waals surface area contributed by atoms with E-state index in [1.165, 1.54) is 0 Å². The Labute approximate surface area is 161 Å². The van der Waals surface area contributed by atoms with Crippen LogP contribution in [0.2, 0.25) is 0 Å². The fourth-order valence-electron chi connectivity index (χ4n) is 3.56. The number of piperidine rings is 1. The smallest absolute Gasteiger partial charge is 0.410 e. The first-order valence-corrected chi connectivity index (χ1v) is 9.37. The number of rotatable bonds is 3. The van der Waals surface area contributed by atoms with Gasteiger partial charge in [-0.15, -0.1) is 0 Å². The molecule has 1 atom stereocenters. The number of anilines is 1. The van der Waals surface area contributed by atoms with Crippen LogP contribution in [0.15, 0.2) is 61.0 Å². The molecule has 0 N–H and O–H groups in total. The molecule has 144 valence electrons. The number of para-hydroxylation sites is 2. The second-order valence-corrected chi connectivity index (χ2v) is 7.82. The lowest BCUT2D eigenvalue weighted by Crippen LogP contribution is -2.51. The van der Waals surface area contributed by atoms with Gasteiger partial charge in [0.15, 0.2) is 11.5 Å². The number of hydrogen-bond acceptors (Lipinski definition) is 4. The lowest BCUT2D eigenvalue weighted by atomic mass is 10.0. The Morgan fingerprint density at radius 3 is 2.67 bits per heavy atom. The van der Waals surface area contributed by atoms with Crippen molar-refractivity contribution in [3.05, 3.63) is 61.0 Å². The molecular weight excluding hydrogens is 340 g/mol. The zero-order valence-corrected chi connectivity index (χ0v) is 16.4. The number of benzene rings is 1. The third kappa shape index (κ3) is 4.02. The van der Waals surface area contributed by atoms with Crippen LogP contribution in [-0.2, 0) is 4.74 Å². The van der Waals surface area contributed by atoms with Gasteiger partial charge in [-0.05, 0) is 57.9 Å². The first-order chi connectivity index (χ1) is 12.8. The number of ether oxygens (including phenoxy) is 2. The first kappa shape index (κ1) is 19.1. The third-order valence-electron chi connectivity index (χ3n) is 4.65. The molecule has 1 saturated heterocycles. The predicted octanol–water partition coefficient (Wildman–Crippen LogP) is 4.87. The van der Waals surface area contributed by atoms with Crippen molar-refractivity contribution in [2.45, 2.75) is 45.3 Å². The van der Waals surface area contributed by atoms with Gasteiger partial charge in [-0.3, -0.25) is 0 Å². The zero-order chi connectivity index (χ0) is 19.6. The van der Waals surface area contributed by atoms with Crippen molar-refractivity contribution >= 4 is 11.8 Å². The Kier molecular flexibility index (Phi) is 5.31. The van der Waals surface area contributed by atoms with E-state index < -0.39 is 5.60 Å². The van der Waals surface area contributed by atoms with Crippen LogP contribution >= 0.6 is 0 Å². The summed E-state index contributed by atoms with van der Waals surface area (Å²) in [6, 6.07) is 8.03. The topological polar surface area (TPSA) is 42.0 Å². The van der Waals surface area contributed by atoms with Gasteiger partial charge in [0.05, 0.1) is 17.4 Å². The van der Waals surface area contributed by atoms with Gasteiger partial charge in [0.2, 0.25) is 0 Å². The average Bonchev–Trinajstić information content (AvgIpc) is 2.65. The standard InChI is InChI=1S/C22H28N2O3/c1-6-17-19(7-2)26-20-13-9-8-12-18(20)24(17)16-11-10-14-23(15-16)21(25)27-22(3,4)5/h6-9,12-13,16H,1-2,10-11,14-15H2,3-5H3. The van der Waals surface area contributed by atoms with E-state index in [0.29, 0.717) is 18.8 Å². The van der Waals surface area contributed by atoms with Gasteiger partial charge in [-0.1, -0.05) is 25.3 Å². The van der Waals surface area contributed by atoms with Crippen LogP contribution in [0.25, 0.3) is 0 Å². The van der Waals surface area contributed by atoms with Crippen molar-refractivity contribution in [3.8, 4) is 5.75 Å². The molecule has 5 heteroatoms. The van der Waals surface area contributed by atoms with Gasteiger partial charge >= 0.3 is 6.09 Å². The number of fused-ring (bicyclic) bond motifs is 1. The minimum atomic E-state index is -0.502. The number of allylic oxidation sites excluding steroid dienone is 2. The van der Waals surface area contributed by atoms with E-state index in [4.69, 9.17) is 9.47 Å². The van der Waals surface area contributed by atoms with Crippen LogP contribution in [0.3, 0.4) is 0 Å². The molecule has 5 nitrogen and oxygen atoms in total. The highest BCUT2D eigenvalue weighted by atomic mass is 16.6. The fraction of sp³-hybridized carbons (Fsp3) is 0.409. The lowest BCUT2D eigenvalue weighted by Gasteiger charge is -2.43. The second kappa shape index (κ2) is 7.51. The molecule has 2 aliphatic rings. The van der Waals surface area contributed by atoms with Crippen molar-refractivity contribution in [3.63, 3.8) is 0 Å². The molecule has 0 aromatic heterocycles. The average molecular weight is 368 g/mol. The Bertz CT molecular complexity index is 776. The monoisotopic (exact) mass is 368 g/mol. The second-order valence-electron chi connectivity index (χ2n) is 7.82. The predicted molar refractivity (Wildman–Crippen MR) is 108 cm³/mol. The lowest BCUT2D eigenvalue weighted by molar-refractivity contribution is 0.0199. The molecule has 1 unspecified atom stereocenters. The van der Waals surface area contributed by atoms with Gasteiger partial charge in [-0.25, -0.2) is 4.79 Å². The van der Waals surface area contributed by atoms with E-state index in [0.717, 1.165) is 30.0 Å². The summed E-state index contributed by atoms with van der Waals surface area (Å²) in [5.41, 5.74) is 1.35. The molecule has 1 aromatic carbocycles. The minimum Gasteiger partial charge on any atom is -0.453 e. The Hall–Kier alpha value is -2.69. The minimum absolute atomic E-state index is 0.110. The van der Waals surface area contributed by atoms with Crippen LogP contribution in [0.4, 0.5) is 10.5 Å². The number of carbonyl (C=O) groups is 1. The van der Waals surface area contributed by atoms with E-state index in [9.17, 15) is 4.79 Å². The molecule has 1 aromatic rings. The molecule has 0 saturated carbocycles. The van der Waals surface area contributed by atoms with E-state index >= 15 is 0 Å². The molecule has 0 aliphatic carbocycles. The quantitative estimate of drug-likeness (QED) is 0.763. The van der Waals surface area contributed by atoms with Crippen molar-refractivity contribution in [1.82, 2.24) is 4.90 Å². The van der Waals surface area contributed by atoms with Crippen LogP contribution in [0.5, 0.6) is 5.75 Å². The zero-order valence-electron chi connectivity index (χ0n) is 16.4. The fourth-order valence-corrected chi connectivity index (χ4v) is 3.56. The molecular formula is C22H28N2O3. The summed E-state index contributed by atoms with van der Waals surface area (Å²) in [5.74, 6) is 1.46. The summed E-state index contributed by atoms with van der Waals surface area (Å²) in [6.07, 6.45) is 5.11. The van der Waals surface area contributed by atoms with Crippen molar-refractivity contribution in [1.29, 1.82) is 0 Å². The summed E-state index contributed by atoms with van der Waals surface area (Å²) < 4.78 is 11.6. The van der Waals surface area contributed by atoms with E-state index in [-0.39, 0.29) is 12.1 Å². The largest absolute Gasteiger partial charge is 0.453 e. The SMILES string of the molecule is C=CC1=C(C=C)N(C2CCCN(C(=O)OC(C)(C)C)C2)c2ccccc2O1. The van der Waals surface area contributed by atoms with E-state index in [1.54, 1.807) is 17.1 Å². The highest BCUT2D eigenvalue weighted by Crippen LogP contribution is 2.40. The molecule has 2 heterocycles. The number of hydrogen-bond donors (Lipinski definition) is 0. The number of nitrogens with zero attached hydrogens (tertiary/aromatic N) is 2. The molecule has 3 rings (SSSR count). The maximum absolute atomic E-state index is 12.6. The highest BCUT2D eigenvalue weighted by Gasteiger charge is 2.35. The molecule has 0 spiro atoms. The van der Waals surface area contributed by atoms with Gasteiger partial charge in [0, 0.05) is 13.1 Å². The molecule has 0 bridgehead atoms. The molecule has 1 fully saturated rings. The van der Waals surface area contributed by atoms with Gasteiger partial charge in [-0.2, -0.15) is 0 Å². The summed E-state index contributed by atoms with van der Waals surface area (Å²) in [5, 5.41) is 0. The third-order valence-corrected chi connectivity index (χ3v) is 4.65. The summed E-state index contributed by atoms with van der Waals surface area (Å²) in [4.78, 5) is 16.6. The number of likely N-dealkylation sites (tertiary alicyclic amines) is 1. The highest BCUT2D eigenvalue weighted by molar-refractivity contribution is 5.70.